The molecule has 0 spiro atoms. The summed E-state index contributed by atoms with van der Waals surface area (Å²) in [6.07, 6.45) is 1.50. The molecule has 0 aliphatic carbocycles. The third-order valence-corrected chi connectivity index (χ3v) is 5.97. The van der Waals surface area contributed by atoms with E-state index in [0.29, 0.717) is 33.0 Å². The smallest absolute Gasteiger partial charge is 0.263 e. The van der Waals surface area contributed by atoms with E-state index in [1.54, 1.807) is 23.5 Å². The van der Waals surface area contributed by atoms with Crippen molar-refractivity contribution in [1.82, 2.24) is 10.3 Å². The maximum atomic E-state index is 12.6. The molecule has 0 aromatic carbocycles. The number of nitriles is 1. The van der Waals surface area contributed by atoms with Crippen molar-refractivity contribution in [3.05, 3.63) is 51.2 Å². The normalized spacial score (nSPS) is 10.8. The molecule has 0 unspecified atom stereocenters. The van der Waals surface area contributed by atoms with Crippen molar-refractivity contribution in [2.45, 2.75) is 6.54 Å². The quantitative estimate of drug-likeness (QED) is 0.484. The Hall–Kier alpha value is -3.35. The molecule has 134 valence electrons. The van der Waals surface area contributed by atoms with E-state index >= 15 is 0 Å². The van der Waals surface area contributed by atoms with Crippen LogP contribution in [0.15, 0.2) is 40.3 Å². The lowest BCUT2D eigenvalue weighted by Gasteiger charge is -2.07. The number of nitrogens with one attached hydrogen (secondary N) is 1. The Morgan fingerprint density at radius 1 is 1.33 bits per heavy atom. The molecule has 0 saturated heterocycles. The molecule has 4 aromatic heterocycles. The van der Waals surface area contributed by atoms with Crippen LogP contribution in [0.4, 0.5) is 11.5 Å². The Balaban J connectivity index is 1.83. The van der Waals surface area contributed by atoms with Crippen molar-refractivity contribution in [3.63, 3.8) is 0 Å². The van der Waals surface area contributed by atoms with Gasteiger partial charge in [0.25, 0.3) is 5.91 Å². The highest BCUT2D eigenvalue weighted by atomic mass is 32.1. The molecule has 9 heteroatoms. The number of thiophene rings is 2. The number of hydrogen-bond donors (Lipinski definition) is 3. The molecular formula is C18H13N5O2S2. The van der Waals surface area contributed by atoms with Gasteiger partial charge in [-0.1, -0.05) is 6.07 Å². The first-order valence-electron chi connectivity index (χ1n) is 7.86. The predicted molar refractivity (Wildman–Crippen MR) is 106 cm³/mol. The minimum absolute atomic E-state index is 0.0724. The van der Waals surface area contributed by atoms with Crippen molar-refractivity contribution in [1.29, 1.82) is 5.26 Å². The number of nitrogen functional groups attached to an aromatic ring is 2. The fraction of sp³-hybridized carbons (Fsp3) is 0.0556. The molecule has 0 atom stereocenters. The van der Waals surface area contributed by atoms with E-state index in [0.717, 1.165) is 16.2 Å². The topological polar surface area (TPSA) is 131 Å². The zero-order valence-electron chi connectivity index (χ0n) is 13.9. The van der Waals surface area contributed by atoms with Crippen LogP contribution in [0, 0.1) is 11.3 Å². The molecule has 0 aliphatic heterocycles. The largest absolute Gasteiger partial charge is 0.464 e. The van der Waals surface area contributed by atoms with Gasteiger partial charge < -0.3 is 21.2 Å². The van der Waals surface area contributed by atoms with E-state index in [1.165, 1.54) is 6.26 Å². The number of nitrogens with two attached hydrogens (primary N) is 2. The Labute approximate surface area is 161 Å². The Morgan fingerprint density at radius 3 is 2.85 bits per heavy atom. The Morgan fingerprint density at radius 2 is 2.19 bits per heavy atom. The zero-order valence-corrected chi connectivity index (χ0v) is 15.5. The van der Waals surface area contributed by atoms with Crippen molar-refractivity contribution >= 4 is 50.3 Å². The molecule has 4 heterocycles. The van der Waals surface area contributed by atoms with Gasteiger partial charge in [0.1, 0.15) is 32.9 Å². The van der Waals surface area contributed by atoms with E-state index < -0.39 is 0 Å². The second-order valence-corrected chi connectivity index (χ2v) is 7.65. The van der Waals surface area contributed by atoms with E-state index in [2.05, 4.69) is 16.4 Å². The predicted octanol–water partition coefficient (Wildman–Crippen LogP) is 3.58. The number of anilines is 2. The second kappa shape index (κ2) is 6.75. The highest BCUT2D eigenvalue weighted by Crippen LogP contribution is 2.42. The molecule has 0 saturated carbocycles. The molecule has 0 bridgehead atoms. The SMILES string of the molecule is N#Cc1c(N)nc2sc(C(=O)NCc3cccs3)c(N)c2c1-c1ccco1. The summed E-state index contributed by atoms with van der Waals surface area (Å²) in [7, 11) is 0. The first-order chi connectivity index (χ1) is 13.1. The maximum absolute atomic E-state index is 12.6. The van der Waals surface area contributed by atoms with Gasteiger partial charge in [-0.2, -0.15) is 5.26 Å². The van der Waals surface area contributed by atoms with Gasteiger partial charge >= 0.3 is 0 Å². The van der Waals surface area contributed by atoms with Crippen LogP contribution in [-0.2, 0) is 6.54 Å². The van der Waals surface area contributed by atoms with Crippen LogP contribution < -0.4 is 16.8 Å². The van der Waals surface area contributed by atoms with Gasteiger partial charge in [-0.05, 0) is 23.6 Å². The maximum Gasteiger partial charge on any atom is 0.263 e. The van der Waals surface area contributed by atoms with Gasteiger partial charge in [-0.25, -0.2) is 4.98 Å². The van der Waals surface area contributed by atoms with Crippen LogP contribution in [0.5, 0.6) is 0 Å². The molecule has 4 rings (SSSR count). The zero-order chi connectivity index (χ0) is 19.0. The summed E-state index contributed by atoms with van der Waals surface area (Å²) < 4.78 is 5.46. The lowest BCUT2D eigenvalue weighted by Crippen LogP contribution is -2.22. The summed E-state index contributed by atoms with van der Waals surface area (Å²) in [6.45, 7) is 0.411. The van der Waals surface area contributed by atoms with Crippen LogP contribution in [-0.4, -0.2) is 10.9 Å². The number of nitrogens with zero attached hydrogens (tertiary/aromatic N) is 2. The fourth-order valence-corrected chi connectivity index (χ4v) is 4.45. The van der Waals surface area contributed by atoms with Gasteiger partial charge in [0, 0.05) is 10.3 Å². The van der Waals surface area contributed by atoms with E-state index in [1.807, 2.05) is 17.5 Å². The highest BCUT2D eigenvalue weighted by molar-refractivity contribution is 7.21. The molecule has 27 heavy (non-hydrogen) atoms. The first-order valence-corrected chi connectivity index (χ1v) is 9.55. The average molecular weight is 395 g/mol. The molecule has 0 fully saturated rings. The monoisotopic (exact) mass is 395 g/mol. The summed E-state index contributed by atoms with van der Waals surface area (Å²) in [5.41, 5.74) is 13.1. The van der Waals surface area contributed by atoms with Crippen molar-refractivity contribution in [3.8, 4) is 17.4 Å². The average Bonchev–Trinajstić information content (AvgIpc) is 3.41. The standard InChI is InChI=1S/C18H13N5O2S2/c19-7-10-12(11-4-1-5-25-11)13-14(20)15(27-18(13)23-16(10)21)17(24)22-8-9-3-2-6-26-9/h1-6H,8,20H2,(H2,21,23)(H,22,24). The molecule has 5 N–H and O–H groups in total. The molecule has 1 amide bonds. The van der Waals surface area contributed by atoms with Crippen LogP contribution in [0.1, 0.15) is 20.1 Å². The van der Waals surface area contributed by atoms with Crippen LogP contribution in [0.25, 0.3) is 21.5 Å². The van der Waals surface area contributed by atoms with E-state index in [9.17, 15) is 10.1 Å². The fourth-order valence-electron chi connectivity index (χ4n) is 2.78. The van der Waals surface area contributed by atoms with E-state index in [-0.39, 0.29) is 23.0 Å². The van der Waals surface area contributed by atoms with Crippen LogP contribution in [0.3, 0.4) is 0 Å². The number of carbonyl (C=O) groups excluding carboxylic acids is 1. The lowest BCUT2D eigenvalue weighted by atomic mass is 10.0. The minimum atomic E-state index is -0.300. The summed E-state index contributed by atoms with van der Waals surface area (Å²) in [5.74, 6) is 0.218. The van der Waals surface area contributed by atoms with Gasteiger partial charge in [0.05, 0.1) is 24.1 Å². The Kier molecular flexibility index (Phi) is 4.27. The number of amides is 1. The number of rotatable bonds is 4. The first kappa shape index (κ1) is 17.1. The van der Waals surface area contributed by atoms with Crippen molar-refractivity contribution in [2.24, 2.45) is 0 Å². The number of fused-ring (bicyclic) bond motifs is 1. The number of hydrogen-bond acceptors (Lipinski definition) is 8. The lowest BCUT2D eigenvalue weighted by molar-refractivity contribution is 0.0956. The number of pyridine rings is 1. The molecular weight excluding hydrogens is 382 g/mol. The van der Waals surface area contributed by atoms with Crippen LogP contribution in [0.2, 0.25) is 0 Å². The number of furan rings is 1. The van der Waals surface area contributed by atoms with Crippen molar-refractivity contribution in [2.75, 3.05) is 11.5 Å². The third kappa shape index (κ3) is 2.91. The summed E-state index contributed by atoms with van der Waals surface area (Å²) in [4.78, 5) is 18.8. The summed E-state index contributed by atoms with van der Waals surface area (Å²) in [5, 5.41) is 14.8. The van der Waals surface area contributed by atoms with Gasteiger partial charge in [-0.15, -0.1) is 22.7 Å². The second-order valence-electron chi connectivity index (χ2n) is 5.62. The van der Waals surface area contributed by atoms with Crippen molar-refractivity contribution < 1.29 is 9.21 Å². The molecule has 4 aromatic rings. The highest BCUT2D eigenvalue weighted by Gasteiger charge is 2.25. The van der Waals surface area contributed by atoms with Crippen LogP contribution >= 0.6 is 22.7 Å². The number of aromatic nitrogens is 1. The molecule has 7 nitrogen and oxygen atoms in total. The molecule has 0 radical (unpaired) electrons. The number of carbonyl (C=O) groups is 1. The Bertz CT molecular complexity index is 1170. The third-order valence-electron chi connectivity index (χ3n) is 3.99. The van der Waals surface area contributed by atoms with Gasteiger partial charge in [-0.3, -0.25) is 4.79 Å². The summed E-state index contributed by atoms with van der Waals surface area (Å²) in [6, 6.07) is 9.33. The van der Waals surface area contributed by atoms with Gasteiger partial charge in [0.15, 0.2) is 0 Å². The molecule has 0 aliphatic rings. The van der Waals surface area contributed by atoms with E-state index in [4.69, 9.17) is 15.9 Å². The minimum Gasteiger partial charge on any atom is -0.464 e. The summed E-state index contributed by atoms with van der Waals surface area (Å²) >= 11 is 2.70. The van der Waals surface area contributed by atoms with Gasteiger partial charge in [0.2, 0.25) is 0 Å².